The maximum absolute atomic E-state index is 9.93. The Kier molecular flexibility index (Phi) is 15.0. The van der Waals surface area contributed by atoms with Gasteiger partial charge in [0.2, 0.25) is 0 Å². The molecule has 5 nitrogen and oxygen atoms in total. The van der Waals surface area contributed by atoms with Crippen LogP contribution in [0.25, 0.3) is 0 Å². The zero-order valence-corrected chi connectivity index (χ0v) is 17.2. The highest BCUT2D eigenvalue weighted by Gasteiger charge is 2.39. The predicted octanol–water partition coefficient (Wildman–Crippen LogP) is 3.74. The van der Waals surface area contributed by atoms with Gasteiger partial charge in [-0.05, 0) is 32.1 Å². The maximum Gasteiger partial charge on any atom is 0.114 e. The monoisotopic (exact) mass is 386 g/mol. The van der Waals surface area contributed by atoms with Crippen LogP contribution in [0.15, 0.2) is 12.2 Å². The number of hydrogen-bond donors (Lipinski definition) is 3. The maximum atomic E-state index is 9.93. The van der Waals surface area contributed by atoms with E-state index in [2.05, 4.69) is 19.1 Å². The summed E-state index contributed by atoms with van der Waals surface area (Å²) in [7, 11) is 0. The van der Waals surface area contributed by atoms with Gasteiger partial charge in [-0.1, -0.05) is 64.0 Å². The summed E-state index contributed by atoms with van der Waals surface area (Å²) in [5, 5.41) is 29.0. The van der Waals surface area contributed by atoms with Crippen molar-refractivity contribution in [3.63, 3.8) is 0 Å². The van der Waals surface area contributed by atoms with Gasteiger partial charge in [0.15, 0.2) is 0 Å². The third-order valence-electron chi connectivity index (χ3n) is 5.16. The molecular weight excluding hydrogens is 344 g/mol. The minimum Gasteiger partial charge on any atom is -0.388 e. The van der Waals surface area contributed by atoms with E-state index >= 15 is 0 Å². The average Bonchev–Trinajstić information content (AvgIpc) is 3.00. The van der Waals surface area contributed by atoms with Gasteiger partial charge in [0.05, 0.1) is 13.2 Å². The summed E-state index contributed by atoms with van der Waals surface area (Å²) in [6.45, 7) is 3.07. The largest absolute Gasteiger partial charge is 0.388 e. The van der Waals surface area contributed by atoms with Crippen molar-refractivity contribution in [2.24, 2.45) is 0 Å². The normalized spacial score (nSPS) is 24.1. The molecule has 5 heteroatoms. The molecule has 3 N–H and O–H groups in total. The molecule has 1 heterocycles. The molecule has 1 rings (SSSR count). The molecule has 1 saturated heterocycles. The lowest BCUT2D eigenvalue weighted by molar-refractivity contribution is -0.0813. The molecule has 0 aromatic heterocycles. The summed E-state index contributed by atoms with van der Waals surface area (Å²) in [6.07, 6.45) is 16.1. The highest BCUT2D eigenvalue weighted by molar-refractivity contribution is 4.87. The molecule has 160 valence electrons. The fourth-order valence-corrected chi connectivity index (χ4v) is 3.36. The van der Waals surface area contributed by atoms with Gasteiger partial charge in [-0.2, -0.15) is 0 Å². The second-order valence-electron chi connectivity index (χ2n) is 7.73. The van der Waals surface area contributed by atoms with E-state index < -0.39 is 24.4 Å². The second-order valence-corrected chi connectivity index (χ2v) is 7.73. The highest BCUT2D eigenvalue weighted by Crippen LogP contribution is 2.18. The topological polar surface area (TPSA) is 79.2 Å². The lowest BCUT2D eigenvalue weighted by atomic mass is 10.1. The number of allylic oxidation sites excluding steroid dienone is 2. The van der Waals surface area contributed by atoms with Crippen LogP contribution >= 0.6 is 0 Å². The first-order valence-electron chi connectivity index (χ1n) is 11.0. The Hall–Kier alpha value is -0.460. The van der Waals surface area contributed by atoms with Crippen molar-refractivity contribution >= 4 is 0 Å². The summed E-state index contributed by atoms with van der Waals surface area (Å²) in [4.78, 5) is 0. The van der Waals surface area contributed by atoms with Crippen LogP contribution in [0.3, 0.4) is 0 Å². The van der Waals surface area contributed by atoms with E-state index in [1.54, 1.807) is 0 Å². The molecular formula is C22H42O5. The van der Waals surface area contributed by atoms with Crippen LogP contribution in [0, 0.1) is 0 Å². The van der Waals surface area contributed by atoms with E-state index in [0.717, 1.165) is 12.8 Å². The van der Waals surface area contributed by atoms with E-state index in [1.165, 1.54) is 64.2 Å². The van der Waals surface area contributed by atoms with Crippen LogP contribution in [-0.2, 0) is 9.47 Å². The molecule has 1 aliphatic rings. The SMILES string of the molecule is CCCCCC/C=C/CCCCCCCCOC[C@@H](O)[C@H]1OC[C@H](O)[C@H]1O. The van der Waals surface area contributed by atoms with Crippen molar-refractivity contribution in [3.05, 3.63) is 12.2 Å². The highest BCUT2D eigenvalue weighted by atomic mass is 16.5. The Morgan fingerprint density at radius 3 is 2.11 bits per heavy atom. The van der Waals surface area contributed by atoms with Crippen LogP contribution in [0.5, 0.6) is 0 Å². The van der Waals surface area contributed by atoms with Crippen LogP contribution in [0.1, 0.15) is 84.0 Å². The van der Waals surface area contributed by atoms with Crippen molar-refractivity contribution in [2.75, 3.05) is 19.8 Å². The summed E-state index contributed by atoms with van der Waals surface area (Å²) < 4.78 is 10.7. The van der Waals surface area contributed by atoms with Crippen LogP contribution in [0.2, 0.25) is 0 Å². The summed E-state index contributed by atoms with van der Waals surface area (Å²) in [5.74, 6) is 0. The molecule has 0 radical (unpaired) electrons. The van der Waals surface area contributed by atoms with Gasteiger partial charge in [0, 0.05) is 6.61 Å². The smallest absolute Gasteiger partial charge is 0.114 e. The van der Waals surface area contributed by atoms with Crippen molar-refractivity contribution < 1.29 is 24.8 Å². The van der Waals surface area contributed by atoms with E-state index in [9.17, 15) is 15.3 Å². The fourth-order valence-electron chi connectivity index (χ4n) is 3.36. The number of unbranched alkanes of at least 4 members (excludes halogenated alkanes) is 10. The Morgan fingerprint density at radius 1 is 0.926 bits per heavy atom. The van der Waals surface area contributed by atoms with E-state index in [4.69, 9.17) is 9.47 Å². The molecule has 0 amide bonds. The standard InChI is InChI=1S/C22H42O5/c1-2-3-4-5-6-7-8-9-10-11-12-13-14-15-16-26-17-20(24)22-21(25)19(23)18-27-22/h7-8,19-25H,2-6,9-18H2,1H3/b8-7+/t19-,20+,21+,22+/m0/s1. The van der Waals surface area contributed by atoms with Crippen molar-refractivity contribution in [3.8, 4) is 0 Å². The molecule has 0 aromatic rings. The molecule has 0 aromatic carbocycles. The third-order valence-corrected chi connectivity index (χ3v) is 5.16. The van der Waals surface area contributed by atoms with E-state index in [1.807, 2.05) is 0 Å². The van der Waals surface area contributed by atoms with Crippen molar-refractivity contribution in [2.45, 2.75) is 108 Å². The van der Waals surface area contributed by atoms with Crippen LogP contribution in [0.4, 0.5) is 0 Å². The van der Waals surface area contributed by atoms with Gasteiger partial charge < -0.3 is 24.8 Å². The van der Waals surface area contributed by atoms with Gasteiger partial charge >= 0.3 is 0 Å². The lowest BCUT2D eigenvalue weighted by Crippen LogP contribution is -2.40. The number of aliphatic hydroxyl groups excluding tert-OH is 3. The lowest BCUT2D eigenvalue weighted by Gasteiger charge is -2.20. The van der Waals surface area contributed by atoms with Gasteiger partial charge in [0.25, 0.3) is 0 Å². The van der Waals surface area contributed by atoms with Gasteiger partial charge in [0.1, 0.15) is 24.4 Å². The van der Waals surface area contributed by atoms with Crippen molar-refractivity contribution in [1.29, 1.82) is 0 Å². The number of ether oxygens (including phenoxy) is 2. The molecule has 0 bridgehead atoms. The van der Waals surface area contributed by atoms with Crippen molar-refractivity contribution in [1.82, 2.24) is 0 Å². The number of aliphatic hydroxyl groups is 3. The molecule has 1 aliphatic heterocycles. The molecule has 0 aliphatic carbocycles. The molecule has 27 heavy (non-hydrogen) atoms. The van der Waals surface area contributed by atoms with Gasteiger partial charge in [-0.15, -0.1) is 0 Å². The minimum atomic E-state index is -1.03. The zero-order valence-electron chi connectivity index (χ0n) is 17.2. The van der Waals surface area contributed by atoms with E-state index in [0.29, 0.717) is 6.61 Å². The molecule has 0 unspecified atom stereocenters. The quantitative estimate of drug-likeness (QED) is 0.262. The Morgan fingerprint density at radius 2 is 1.52 bits per heavy atom. The zero-order chi connectivity index (χ0) is 19.7. The van der Waals surface area contributed by atoms with Gasteiger partial charge in [-0.25, -0.2) is 0 Å². The Bertz CT molecular complexity index is 361. The minimum absolute atomic E-state index is 0.0671. The number of rotatable bonds is 17. The molecule has 4 atom stereocenters. The summed E-state index contributed by atoms with van der Waals surface area (Å²) in [5.41, 5.74) is 0. The summed E-state index contributed by atoms with van der Waals surface area (Å²) >= 11 is 0. The summed E-state index contributed by atoms with van der Waals surface area (Å²) in [6, 6.07) is 0. The Balaban J connectivity index is 1.81. The van der Waals surface area contributed by atoms with E-state index in [-0.39, 0.29) is 13.2 Å². The first-order chi connectivity index (χ1) is 13.2. The first kappa shape index (κ1) is 24.6. The third kappa shape index (κ3) is 11.9. The number of hydrogen-bond acceptors (Lipinski definition) is 5. The average molecular weight is 387 g/mol. The fraction of sp³-hybridized carbons (Fsp3) is 0.909. The molecule has 1 fully saturated rings. The first-order valence-corrected chi connectivity index (χ1v) is 11.0. The van der Waals surface area contributed by atoms with Gasteiger partial charge in [-0.3, -0.25) is 0 Å². The van der Waals surface area contributed by atoms with Crippen LogP contribution < -0.4 is 0 Å². The second kappa shape index (κ2) is 16.5. The van der Waals surface area contributed by atoms with Crippen LogP contribution in [-0.4, -0.2) is 59.6 Å². The predicted molar refractivity (Wildman–Crippen MR) is 109 cm³/mol. The Labute approximate surface area is 165 Å². The molecule has 0 saturated carbocycles. The molecule has 0 spiro atoms.